The van der Waals surface area contributed by atoms with E-state index in [1.54, 1.807) is 13.2 Å². The van der Waals surface area contributed by atoms with Crippen LogP contribution >= 0.6 is 0 Å². The van der Waals surface area contributed by atoms with Crippen molar-refractivity contribution in [2.45, 2.75) is 6.42 Å². The number of aromatic nitrogens is 2. The van der Waals surface area contributed by atoms with Crippen molar-refractivity contribution in [1.82, 2.24) is 9.78 Å². The highest BCUT2D eigenvalue weighted by Crippen LogP contribution is 2.06. The molecule has 1 aromatic rings. The summed E-state index contributed by atoms with van der Waals surface area (Å²) in [6.07, 6.45) is 2.56. The van der Waals surface area contributed by atoms with Gasteiger partial charge in [-0.1, -0.05) is 11.8 Å². The molecular formula is C8H9N3O. The Kier molecular flexibility index (Phi) is 2.49. The number of carbonyl (C=O) groups excluding carboxylic acids is 1. The van der Waals surface area contributed by atoms with E-state index in [-0.39, 0.29) is 6.42 Å². The number of nitrogens with zero attached hydrogens (tertiary/aromatic N) is 2. The Bertz CT molecular complexity index is 343. The van der Waals surface area contributed by atoms with Crippen LogP contribution in [0.4, 0.5) is 5.82 Å². The van der Waals surface area contributed by atoms with Gasteiger partial charge in [-0.05, 0) is 0 Å². The van der Waals surface area contributed by atoms with E-state index in [0.717, 1.165) is 6.29 Å². The van der Waals surface area contributed by atoms with Crippen molar-refractivity contribution >= 4 is 12.1 Å². The molecule has 0 spiro atoms. The summed E-state index contributed by atoms with van der Waals surface area (Å²) < 4.78 is 1.53. The van der Waals surface area contributed by atoms with Gasteiger partial charge < -0.3 is 10.5 Å². The molecule has 0 aromatic carbocycles. The molecule has 0 aliphatic heterocycles. The first-order chi connectivity index (χ1) is 5.75. The quantitative estimate of drug-likeness (QED) is 0.466. The maximum Gasteiger partial charge on any atom is 0.137 e. The first-order valence-corrected chi connectivity index (χ1v) is 3.45. The van der Waals surface area contributed by atoms with Crippen LogP contribution in [0.1, 0.15) is 12.0 Å². The van der Waals surface area contributed by atoms with Crippen LogP contribution in [0.3, 0.4) is 0 Å². The number of rotatable bonds is 1. The number of anilines is 1. The van der Waals surface area contributed by atoms with Gasteiger partial charge in [0.15, 0.2) is 0 Å². The summed E-state index contributed by atoms with van der Waals surface area (Å²) in [4.78, 5) is 9.93. The first kappa shape index (κ1) is 8.34. The zero-order chi connectivity index (χ0) is 8.97. The zero-order valence-electron chi connectivity index (χ0n) is 6.74. The average Bonchev–Trinajstić information content (AvgIpc) is 2.36. The molecule has 0 aliphatic rings. The second-order valence-electron chi connectivity index (χ2n) is 2.24. The normalized spacial score (nSPS) is 8.75. The lowest BCUT2D eigenvalue weighted by atomic mass is 10.3. The summed E-state index contributed by atoms with van der Waals surface area (Å²) in [5.74, 6) is 5.92. The van der Waals surface area contributed by atoms with Gasteiger partial charge in [0, 0.05) is 7.05 Å². The number of nitrogens with two attached hydrogens (primary N) is 1. The second kappa shape index (κ2) is 3.58. The first-order valence-electron chi connectivity index (χ1n) is 3.45. The van der Waals surface area contributed by atoms with Gasteiger partial charge in [-0.3, -0.25) is 4.68 Å². The molecule has 1 rings (SSSR count). The Morgan fingerprint density at radius 2 is 2.58 bits per heavy atom. The number of nitrogen functional groups attached to an aromatic ring is 1. The molecule has 12 heavy (non-hydrogen) atoms. The van der Waals surface area contributed by atoms with Crippen molar-refractivity contribution in [3.63, 3.8) is 0 Å². The van der Waals surface area contributed by atoms with Crippen LogP contribution in [0.5, 0.6) is 0 Å². The van der Waals surface area contributed by atoms with Crippen LogP contribution in [0.15, 0.2) is 6.20 Å². The lowest BCUT2D eigenvalue weighted by Gasteiger charge is -1.91. The van der Waals surface area contributed by atoms with Gasteiger partial charge in [0.2, 0.25) is 0 Å². The highest BCUT2D eigenvalue weighted by molar-refractivity contribution is 5.57. The molecule has 0 bridgehead atoms. The zero-order valence-corrected chi connectivity index (χ0v) is 6.74. The number of aryl methyl sites for hydroxylation is 1. The fourth-order valence-corrected chi connectivity index (χ4v) is 0.731. The predicted molar refractivity (Wildman–Crippen MR) is 45.2 cm³/mol. The van der Waals surface area contributed by atoms with Crippen LogP contribution < -0.4 is 5.73 Å². The summed E-state index contributed by atoms with van der Waals surface area (Å²) in [5.41, 5.74) is 6.26. The van der Waals surface area contributed by atoms with Crippen molar-refractivity contribution in [2.24, 2.45) is 7.05 Å². The van der Waals surface area contributed by atoms with Crippen LogP contribution in [0.2, 0.25) is 0 Å². The van der Waals surface area contributed by atoms with Crippen molar-refractivity contribution in [2.75, 3.05) is 5.73 Å². The molecule has 0 atom stereocenters. The molecule has 2 N–H and O–H groups in total. The molecule has 0 fully saturated rings. The van der Waals surface area contributed by atoms with Gasteiger partial charge in [0.25, 0.3) is 0 Å². The topological polar surface area (TPSA) is 60.9 Å². The highest BCUT2D eigenvalue weighted by Gasteiger charge is 1.98. The molecule has 62 valence electrons. The molecule has 0 radical (unpaired) electrons. The number of hydrogen-bond acceptors (Lipinski definition) is 3. The van der Waals surface area contributed by atoms with Gasteiger partial charge >= 0.3 is 0 Å². The average molecular weight is 163 g/mol. The third-order valence-corrected chi connectivity index (χ3v) is 1.39. The third-order valence-electron chi connectivity index (χ3n) is 1.39. The molecule has 0 aliphatic carbocycles. The molecular weight excluding hydrogens is 154 g/mol. The molecule has 4 heteroatoms. The third kappa shape index (κ3) is 1.64. The fourth-order valence-electron chi connectivity index (χ4n) is 0.731. The molecule has 0 saturated carbocycles. The Balaban J connectivity index is 2.84. The molecule has 0 amide bonds. The van der Waals surface area contributed by atoms with E-state index in [9.17, 15) is 4.79 Å². The largest absolute Gasteiger partial charge is 0.383 e. The van der Waals surface area contributed by atoms with Crippen LogP contribution in [-0.2, 0) is 11.8 Å². The smallest absolute Gasteiger partial charge is 0.137 e. The summed E-state index contributed by atoms with van der Waals surface area (Å²) in [5, 5.41) is 3.90. The van der Waals surface area contributed by atoms with Crippen molar-refractivity contribution in [1.29, 1.82) is 0 Å². The minimum atomic E-state index is 0.230. The van der Waals surface area contributed by atoms with Gasteiger partial charge in [-0.2, -0.15) is 5.10 Å². The van der Waals surface area contributed by atoms with E-state index in [1.807, 2.05) is 0 Å². The Labute approximate surface area is 70.4 Å². The van der Waals surface area contributed by atoms with Crippen molar-refractivity contribution in [3.8, 4) is 11.8 Å². The second-order valence-corrected chi connectivity index (χ2v) is 2.24. The summed E-state index contributed by atoms with van der Waals surface area (Å²) >= 11 is 0. The highest BCUT2D eigenvalue weighted by atomic mass is 16.1. The summed E-state index contributed by atoms with van der Waals surface area (Å²) in [7, 11) is 1.74. The fraction of sp³-hybridized carbons (Fsp3) is 0.250. The lowest BCUT2D eigenvalue weighted by molar-refractivity contribution is -0.107. The van der Waals surface area contributed by atoms with Crippen LogP contribution in [0, 0.1) is 11.8 Å². The van der Waals surface area contributed by atoms with Crippen LogP contribution in [-0.4, -0.2) is 16.1 Å². The van der Waals surface area contributed by atoms with E-state index >= 15 is 0 Å². The van der Waals surface area contributed by atoms with Gasteiger partial charge in [-0.25, -0.2) is 0 Å². The van der Waals surface area contributed by atoms with E-state index in [2.05, 4.69) is 16.9 Å². The molecule has 4 nitrogen and oxygen atoms in total. The Hall–Kier alpha value is -1.76. The number of carbonyl (C=O) groups is 1. The maximum atomic E-state index is 9.93. The molecule has 0 unspecified atom stereocenters. The Morgan fingerprint density at radius 3 is 3.08 bits per heavy atom. The minimum absolute atomic E-state index is 0.230. The summed E-state index contributed by atoms with van der Waals surface area (Å²) in [6.45, 7) is 0. The molecule has 1 aromatic heterocycles. The number of aldehydes is 1. The van der Waals surface area contributed by atoms with Gasteiger partial charge in [0.05, 0.1) is 18.2 Å². The minimum Gasteiger partial charge on any atom is -0.383 e. The summed E-state index contributed by atoms with van der Waals surface area (Å²) in [6, 6.07) is 0. The van der Waals surface area contributed by atoms with Gasteiger partial charge in [0.1, 0.15) is 12.1 Å². The number of hydrogen-bond donors (Lipinski definition) is 1. The van der Waals surface area contributed by atoms with E-state index in [0.29, 0.717) is 11.4 Å². The van der Waals surface area contributed by atoms with E-state index < -0.39 is 0 Å². The lowest BCUT2D eigenvalue weighted by Crippen LogP contribution is -1.98. The van der Waals surface area contributed by atoms with Crippen molar-refractivity contribution < 1.29 is 4.79 Å². The standard InChI is InChI=1S/C8H9N3O/c1-11-8(9)7(6-10-11)4-2-3-5-12/h5-6H,3,9H2,1H3. The molecule has 0 saturated heterocycles. The monoisotopic (exact) mass is 163 g/mol. The van der Waals surface area contributed by atoms with Crippen LogP contribution in [0.25, 0.3) is 0 Å². The van der Waals surface area contributed by atoms with E-state index in [1.165, 1.54) is 4.68 Å². The SMILES string of the molecule is Cn1ncc(C#CCC=O)c1N. The van der Waals surface area contributed by atoms with Gasteiger partial charge in [-0.15, -0.1) is 0 Å². The Morgan fingerprint density at radius 1 is 1.83 bits per heavy atom. The maximum absolute atomic E-state index is 9.93. The van der Waals surface area contributed by atoms with Crippen molar-refractivity contribution in [3.05, 3.63) is 11.8 Å². The molecule has 1 heterocycles. The van der Waals surface area contributed by atoms with E-state index in [4.69, 9.17) is 5.73 Å². The predicted octanol–water partition coefficient (Wildman–Crippen LogP) is -0.0572.